The van der Waals surface area contributed by atoms with Crippen molar-refractivity contribution < 1.29 is 33.2 Å². The number of aliphatic hydroxyl groups is 1. The normalized spacial score (nSPS) is 26.9. The molecule has 2 saturated carbocycles. The number of phenols is 1. The van der Waals surface area contributed by atoms with Crippen LogP contribution in [0.1, 0.15) is 83.1 Å². The minimum Gasteiger partial charge on any atom is -0.508 e. The Labute approximate surface area is 320 Å². The Balaban J connectivity index is 1.12. The molecule has 5 heterocycles. The number of hydrogen-bond donors (Lipinski definition) is 2. The third-order valence-corrected chi connectivity index (χ3v) is 13.5. The molecule has 2 N–H and O–H groups in total. The summed E-state index contributed by atoms with van der Waals surface area (Å²) in [5.41, 5.74) is -0.923. The number of likely N-dealkylation sites (tertiary alicyclic amines) is 1. The molecule has 0 bridgehead atoms. The number of β-amino-alcohol motifs (C(OH)–C–C–N with tert-alkyl or cyclic N) is 1. The standard InChI is InChI=1S/C43H49F2N5O5/c1-4-29-31(44)10-9-26-20-28(51)21-30(33(26)29)36-35(45)37-34(39(46-36)53-3)38(49-16-6-11-41(2,52)24-49)48-40(47-37)55-25-43-12-5-8-32(43)50(17-7-13-43)27-22-42(23-27)14-18-54-19-15-42/h1,9-10,20-21,27,32,51-52H,5-8,11-19,22-25H2,2-3H3/t32-,41-,43-/m1/s1. The average Bonchev–Trinajstić information content (AvgIpc) is 3.61. The molecule has 3 saturated heterocycles. The lowest BCUT2D eigenvalue weighted by Crippen LogP contribution is -2.61. The molecular formula is C43H49F2N5O5. The number of terminal acetylenes is 1. The first-order valence-electron chi connectivity index (χ1n) is 19.8. The van der Waals surface area contributed by atoms with Crippen molar-refractivity contribution in [3.63, 3.8) is 0 Å². The Morgan fingerprint density at radius 1 is 1.00 bits per heavy atom. The maximum absolute atomic E-state index is 17.3. The molecule has 5 fully saturated rings. The molecule has 5 aliphatic rings. The minimum absolute atomic E-state index is 0.0314. The lowest BCUT2D eigenvalue weighted by atomic mass is 9.60. The fourth-order valence-electron chi connectivity index (χ4n) is 10.8. The first-order chi connectivity index (χ1) is 26.5. The minimum atomic E-state index is -1.00. The van der Waals surface area contributed by atoms with Crippen molar-refractivity contribution in [2.75, 3.05) is 51.5 Å². The summed E-state index contributed by atoms with van der Waals surface area (Å²) in [7, 11) is 1.43. The Kier molecular flexibility index (Phi) is 9.06. The third kappa shape index (κ3) is 6.23. The second-order valence-corrected chi connectivity index (χ2v) is 17.1. The van der Waals surface area contributed by atoms with Crippen molar-refractivity contribution in [3.05, 3.63) is 41.5 Å². The van der Waals surface area contributed by atoms with Gasteiger partial charge < -0.3 is 29.3 Å². The molecule has 3 atom stereocenters. The summed E-state index contributed by atoms with van der Waals surface area (Å²) in [6, 6.07) is 6.48. The summed E-state index contributed by atoms with van der Waals surface area (Å²) in [5.74, 6) is 1.14. The number of piperidine rings is 2. The fraction of sp³-hybridized carbons (Fsp3) is 0.558. The summed E-state index contributed by atoms with van der Waals surface area (Å²) in [6.07, 6.45) is 17.3. The van der Waals surface area contributed by atoms with Crippen molar-refractivity contribution >= 4 is 27.5 Å². The zero-order valence-electron chi connectivity index (χ0n) is 31.7. The molecule has 10 nitrogen and oxygen atoms in total. The van der Waals surface area contributed by atoms with E-state index in [9.17, 15) is 10.2 Å². The molecule has 12 heteroatoms. The van der Waals surface area contributed by atoms with Gasteiger partial charge in [-0.05, 0) is 107 Å². The van der Waals surface area contributed by atoms with Crippen LogP contribution in [0.3, 0.4) is 0 Å². The van der Waals surface area contributed by atoms with Gasteiger partial charge in [-0.15, -0.1) is 6.42 Å². The molecule has 0 amide bonds. The van der Waals surface area contributed by atoms with Gasteiger partial charge in [-0.2, -0.15) is 9.97 Å². The zero-order valence-corrected chi connectivity index (χ0v) is 31.7. The summed E-state index contributed by atoms with van der Waals surface area (Å²) >= 11 is 0. The van der Waals surface area contributed by atoms with E-state index in [0.29, 0.717) is 54.7 Å². The maximum Gasteiger partial charge on any atom is 0.319 e. The lowest BCUT2D eigenvalue weighted by molar-refractivity contribution is -0.112. The quantitative estimate of drug-likeness (QED) is 0.189. The number of anilines is 1. The monoisotopic (exact) mass is 753 g/mol. The second-order valence-electron chi connectivity index (χ2n) is 17.1. The van der Waals surface area contributed by atoms with E-state index in [-0.39, 0.29) is 62.7 Å². The molecule has 3 aliphatic heterocycles. The highest BCUT2D eigenvalue weighted by Gasteiger charge is 2.55. The molecule has 1 spiro atoms. The van der Waals surface area contributed by atoms with Crippen LogP contribution in [0.15, 0.2) is 24.3 Å². The van der Waals surface area contributed by atoms with Gasteiger partial charge in [-0.3, -0.25) is 4.90 Å². The Hall–Kier alpha value is -4.31. The maximum atomic E-state index is 17.3. The summed E-state index contributed by atoms with van der Waals surface area (Å²) < 4.78 is 50.6. The molecule has 4 aromatic rings. The van der Waals surface area contributed by atoms with Gasteiger partial charge in [0.1, 0.15) is 34.0 Å². The van der Waals surface area contributed by atoms with Crippen molar-refractivity contribution in [2.45, 2.75) is 95.2 Å². The first-order valence-corrected chi connectivity index (χ1v) is 19.8. The molecule has 2 aromatic heterocycles. The smallest absolute Gasteiger partial charge is 0.319 e. The van der Waals surface area contributed by atoms with Gasteiger partial charge >= 0.3 is 6.01 Å². The van der Waals surface area contributed by atoms with E-state index in [1.165, 1.54) is 44.2 Å². The Morgan fingerprint density at radius 3 is 2.55 bits per heavy atom. The second kappa shape index (κ2) is 13.7. The van der Waals surface area contributed by atoms with Crippen molar-refractivity contribution in [2.24, 2.45) is 10.8 Å². The highest BCUT2D eigenvalue weighted by Crippen LogP contribution is 2.56. The number of halogens is 2. The van der Waals surface area contributed by atoms with Gasteiger partial charge in [-0.25, -0.2) is 13.8 Å². The number of phenolic OH excluding ortho intramolecular Hbond substituents is 1. The average molecular weight is 754 g/mol. The molecule has 2 aromatic carbocycles. The van der Waals surface area contributed by atoms with Gasteiger partial charge in [0.05, 0.1) is 24.9 Å². The molecule has 290 valence electrons. The number of nitrogens with zero attached hydrogens (tertiary/aromatic N) is 5. The number of aromatic nitrogens is 3. The molecular weight excluding hydrogens is 704 g/mol. The van der Waals surface area contributed by atoms with Crippen LogP contribution < -0.4 is 14.4 Å². The van der Waals surface area contributed by atoms with Gasteiger partial charge in [0.2, 0.25) is 5.88 Å². The predicted octanol–water partition coefficient (Wildman–Crippen LogP) is 7.14. The van der Waals surface area contributed by atoms with E-state index < -0.39 is 17.2 Å². The van der Waals surface area contributed by atoms with Crippen LogP contribution in [0.4, 0.5) is 14.6 Å². The molecule has 0 radical (unpaired) electrons. The Morgan fingerprint density at radius 2 is 1.78 bits per heavy atom. The molecule has 2 aliphatic carbocycles. The number of fused-ring (bicyclic) bond motifs is 3. The third-order valence-electron chi connectivity index (χ3n) is 13.5. The topological polar surface area (TPSA) is 113 Å². The highest BCUT2D eigenvalue weighted by atomic mass is 19.1. The van der Waals surface area contributed by atoms with Crippen molar-refractivity contribution in [1.82, 2.24) is 19.9 Å². The van der Waals surface area contributed by atoms with Crippen LogP contribution in [0, 0.1) is 34.8 Å². The summed E-state index contributed by atoms with van der Waals surface area (Å²) in [6.45, 7) is 5.84. The predicted molar refractivity (Wildman–Crippen MR) is 205 cm³/mol. The molecule has 9 rings (SSSR count). The SMILES string of the molecule is C#Cc1c(F)ccc2cc(O)cc(-c3nc(OC)c4c(N5CCC[C@@](C)(O)C5)nc(OC[C@]56CCC[C@H]5N(C5CC7(CCOCC7)C5)CCC6)nc4c3F)c12. The van der Waals surface area contributed by atoms with E-state index in [4.69, 9.17) is 30.6 Å². The van der Waals surface area contributed by atoms with Gasteiger partial charge in [0, 0.05) is 54.8 Å². The summed E-state index contributed by atoms with van der Waals surface area (Å²) in [5, 5.41) is 22.8. The van der Waals surface area contributed by atoms with Crippen molar-refractivity contribution in [3.8, 4) is 41.2 Å². The molecule has 55 heavy (non-hydrogen) atoms. The van der Waals surface area contributed by atoms with E-state index in [1.807, 2.05) is 4.90 Å². The van der Waals surface area contributed by atoms with Gasteiger partial charge in [0.15, 0.2) is 5.82 Å². The largest absolute Gasteiger partial charge is 0.508 e. The van der Waals surface area contributed by atoms with E-state index in [1.54, 1.807) is 6.92 Å². The first kappa shape index (κ1) is 36.3. The number of hydrogen-bond acceptors (Lipinski definition) is 10. The van der Waals surface area contributed by atoms with Crippen molar-refractivity contribution in [1.29, 1.82) is 0 Å². The lowest BCUT2D eigenvalue weighted by Gasteiger charge is -2.58. The van der Waals surface area contributed by atoms with E-state index >= 15 is 8.78 Å². The fourth-order valence-corrected chi connectivity index (χ4v) is 10.8. The number of ether oxygens (including phenoxy) is 3. The van der Waals surface area contributed by atoms with Gasteiger partial charge in [0.25, 0.3) is 0 Å². The van der Waals surface area contributed by atoms with Crippen LogP contribution in [0.2, 0.25) is 0 Å². The zero-order chi connectivity index (χ0) is 38.1. The van der Waals surface area contributed by atoms with Crippen LogP contribution in [0.25, 0.3) is 32.9 Å². The number of rotatable bonds is 7. The number of benzene rings is 2. The highest BCUT2D eigenvalue weighted by molar-refractivity contribution is 6.04. The van der Waals surface area contributed by atoms with Gasteiger partial charge in [-0.1, -0.05) is 18.4 Å². The number of pyridine rings is 1. The van der Waals surface area contributed by atoms with Crippen LogP contribution in [-0.2, 0) is 4.74 Å². The van der Waals surface area contributed by atoms with E-state index in [2.05, 4.69) is 15.8 Å². The molecule has 0 unspecified atom stereocenters. The van der Waals surface area contributed by atoms with Crippen LogP contribution in [-0.4, -0.2) is 94.3 Å². The Bertz CT molecular complexity index is 2190. The number of aromatic hydroxyl groups is 1. The van der Waals surface area contributed by atoms with Crippen LogP contribution in [0.5, 0.6) is 17.6 Å². The van der Waals surface area contributed by atoms with Crippen LogP contribution >= 0.6 is 0 Å². The number of methoxy groups -OCH3 is 1. The summed E-state index contributed by atoms with van der Waals surface area (Å²) in [4.78, 5) is 19.0. The van der Waals surface area contributed by atoms with E-state index in [0.717, 1.165) is 64.7 Å².